The molecule has 0 amide bonds. The van der Waals surface area contributed by atoms with E-state index >= 15 is 0 Å². The first-order chi connectivity index (χ1) is 8.56. The molecule has 0 atom stereocenters. The molecule has 0 aliphatic carbocycles. The van der Waals surface area contributed by atoms with Crippen LogP contribution in [0.25, 0.3) is 11.1 Å². The lowest BCUT2D eigenvalue weighted by molar-refractivity contribution is 0.282. The molecule has 0 unspecified atom stereocenters. The van der Waals surface area contributed by atoms with Crippen LogP contribution < -0.4 is 0 Å². The molecule has 18 heavy (non-hydrogen) atoms. The lowest BCUT2D eigenvalue weighted by Gasteiger charge is -2.12. The Morgan fingerprint density at radius 3 is 2.17 bits per heavy atom. The molecule has 0 heterocycles. The largest absolute Gasteiger partial charge is 0.392 e. The lowest BCUT2D eigenvalue weighted by atomic mass is 10.00. The Labute approximate surface area is 125 Å². The third kappa shape index (κ3) is 2.47. The van der Waals surface area contributed by atoms with Crippen molar-refractivity contribution in [2.75, 3.05) is 0 Å². The van der Waals surface area contributed by atoms with Crippen molar-refractivity contribution in [3.8, 4) is 11.1 Å². The summed E-state index contributed by atoms with van der Waals surface area (Å²) in [7, 11) is 0. The molecule has 0 saturated carbocycles. The summed E-state index contributed by atoms with van der Waals surface area (Å²) in [4.78, 5) is 0. The summed E-state index contributed by atoms with van der Waals surface area (Å²) in [6.45, 7) is -0.175. The molecule has 94 valence electrons. The standard InChI is InChI=1S/C13H8Cl4O/c14-10-3-1-2-7(9(10)6-18)8-4-5-11(15)13(17)12(8)16/h1-5,18H,6H2. The molecule has 0 spiro atoms. The van der Waals surface area contributed by atoms with E-state index in [-0.39, 0.29) is 6.61 Å². The van der Waals surface area contributed by atoms with E-state index in [9.17, 15) is 5.11 Å². The molecule has 5 heteroatoms. The first-order valence-corrected chi connectivity index (χ1v) is 6.59. The molecular formula is C13H8Cl4O. The summed E-state index contributed by atoms with van der Waals surface area (Å²) in [5.41, 5.74) is 2.05. The predicted molar refractivity (Wildman–Crippen MR) is 77.8 cm³/mol. The zero-order valence-electron chi connectivity index (χ0n) is 9.05. The molecule has 0 aliphatic heterocycles. The van der Waals surface area contributed by atoms with Gasteiger partial charge in [0.2, 0.25) is 0 Å². The summed E-state index contributed by atoms with van der Waals surface area (Å²) in [5.74, 6) is 0. The van der Waals surface area contributed by atoms with Gasteiger partial charge in [-0.15, -0.1) is 0 Å². The highest BCUT2D eigenvalue weighted by atomic mass is 35.5. The van der Waals surface area contributed by atoms with E-state index in [4.69, 9.17) is 46.4 Å². The van der Waals surface area contributed by atoms with Gasteiger partial charge >= 0.3 is 0 Å². The van der Waals surface area contributed by atoms with Gasteiger partial charge in [0, 0.05) is 16.1 Å². The number of hydrogen-bond acceptors (Lipinski definition) is 1. The minimum atomic E-state index is -0.175. The van der Waals surface area contributed by atoms with Gasteiger partial charge in [-0.25, -0.2) is 0 Å². The van der Waals surface area contributed by atoms with Crippen molar-refractivity contribution in [3.05, 3.63) is 56.0 Å². The molecule has 2 aromatic carbocycles. The van der Waals surface area contributed by atoms with Gasteiger partial charge in [0.15, 0.2) is 0 Å². The van der Waals surface area contributed by atoms with Crippen LogP contribution in [0.15, 0.2) is 30.3 Å². The average molecular weight is 322 g/mol. The minimum Gasteiger partial charge on any atom is -0.392 e. The fourth-order valence-corrected chi connectivity index (χ4v) is 2.58. The van der Waals surface area contributed by atoms with Gasteiger partial charge in [0.1, 0.15) is 0 Å². The van der Waals surface area contributed by atoms with Gasteiger partial charge in [-0.2, -0.15) is 0 Å². The van der Waals surface area contributed by atoms with Crippen LogP contribution in [0.5, 0.6) is 0 Å². The summed E-state index contributed by atoms with van der Waals surface area (Å²) in [6, 6.07) is 8.73. The Bertz CT molecular complexity index is 596. The Morgan fingerprint density at radius 1 is 0.778 bits per heavy atom. The maximum absolute atomic E-state index is 9.39. The Balaban J connectivity index is 2.70. The van der Waals surface area contributed by atoms with E-state index in [1.165, 1.54) is 0 Å². The number of benzene rings is 2. The second-order valence-electron chi connectivity index (χ2n) is 3.65. The van der Waals surface area contributed by atoms with Crippen LogP contribution in [0.3, 0.4) is 0 Å². The highest BCUT2D eigenvalue weighted by molar-refractivity contribution is 6.49. The first kappa shape index (κ1) is 14.0. The monoisotopic (exact) mass is 320 g/mol. The van der Waals surface area contributed by atoms with E-state index < -0.39 is 0 Å². The number of aliphatic hydroxyl groups excluding tert-OH is 1. The van der Waals surface area contributed by atoms with Crippen molar-refractivity contribution in [1.82, 2.24) is 0 Å². The van der Waals surface area contributed by atoms with Crippen LogP contribution in [0.4, 0.5) is 0 Å². The molecular weight excluding hydrogens is 314 g/mol. The molecule has 0 saturated heterocycles. The third-order valence-corrected chi connectivity index (χ3v) is 4.25. The topological polar surface area (TPSA) is 20.2 Å². The van der Waals surface area contributed by atoms with Gasteiger partial charge in [-0.3, -0.25) is 0 Å². The number of aliphatic hydroxyl groups is 1. The first-order valence-electron chi connectivity index (χ1n) is 5.08. The molecule has 2 rings (SSSR count). The molecule has 1 nitrogen and oxygen atoms in total. The molecule has 0 aliphatic rings. The summed E-state index contributed by atoms with van der Waals surface area (Å²) < 4.78 is 0. The molecule has 0 bridgehead atoms. The van der Waals surface area contributed by atoms with Gasteiger partial charge < -0.3 is 5.11 Å². The zero-order chi connectivity index (χ0) is 13.3. The molecule has 0 aromatic heterocycles. The fraction of sp³-hybridized carbons (Fsp3) is 0.0769. The van der Waals surface area contributed by atoms with Crippen molar-refractivity contribution in [2.24, 2.45) is 0 Å². The normalized spacial score (nSPS) is 10.7. The Hall–Kier alpha value is -0.440. The Kier molecular flexibility index (Phi) is 4.41. The molecule has 0 radical (unpaired) electrons. The summed E-state index contributed by atoms with van der Waals surface area (Å²) in [6.07, 6.45) is 0. The highest BCUT2D eigenvalue weighted by Gasteiger charge is 2.14. The second-order valence-corrected chi connectivity index (χ2v) is 5.22. The SMILES string of the molecule is OCc1c(Cl)cccc1-c1ccc(Cl)c(Cl)c1Cl. The Morgan fingerprint density at radius 2 is 1.50 bits per heavy atom. The molecule has 2 aromatic rings. The quantitative estimate of drug-likeness (QED) is 0.728. The van der Waals surface area contributed by atoms with Gasteiger partial charge in [0.05, 0.1) is 21.7 Å². The van der Waals surface area contributed by atoms with Crippen LogP contribution in [0.1, 0.15) is 5.56 Å². The van der Waals surface area contributed by atoms with Gasteiger partial charge in [0.25, 0.3) is 0 Å². The summed E-state index contributed by atoms with van der Waals surface area (Å²) in [5, 5.41) is 10.9. The summed E-state index contributed by atoms with van der Waals surface area (Å²) >= 11 is 24.1. The minimum absolute atomic E-state index is 0.175. The van der Waals surface area contributed by atoms with Crippen LogP contribution in [0, 0.1) is 0 Å². The van der Waals surface area contributed by atoms with E-state index in [1.807, 2.05) is 6.07 Å². The maximum Gasteiger partial charge on any atom is 0.0784 e. The van der Waals surface area contributed by atoms with E-state index in [1.54, 1.807) is 24.3 Å². The van der Waals surface area contributed by atoms with Crippen LogP contribution >= 0.6 is 46.4 Å². The van der Waals surface area contributed by atoms with Gasteiger partial charge in [-0.05, 0) is 17.7 Å². The predicted octanol–water partition coefficient (Wildman–Crippen LogP) is 5.46. The van der Waals surface area contributed by atoms with E-state index in [0.29, 0.717) is 31.2 Å². The van der Waals surface area contributed by atoms with Crippen molar-refractivity contribution < 1.29 is 5.11 Å². The second kappa shape index (κ2) is 5.68. The number of rotatable bonds is 2. The van der Waals surface area contributed by atoms with Crippen LogP contribution in [0.2, 0.25) is 20.1 Å². The third-order valence-electron chi connectivity index (χ3n) is 2.60. The highest BCUT2D eigenvalue weighted by Crippen LogP contribution is 2.40. The fourth-order valence-electron chi connectivity index (χ4n) is 1.71. The van der Waals surface area contributed by atoms with Crippen LogP contribution in [-0.2, 0) is 6.61 Å². The van der Waals surface area contributed by atoms with E-state index in [0.717, 1.165) is 5.56 Å². The maximum atomic E-state index is 9.39. The zero-order valence-corrected chi connectivity index (χ0v) is 12.1. The smallest absolute Gasteiger partial charge is 0.0784 e. The van der Waals surface area contributed by atoms with Crippen molar-refractivity contribution in [3.63, 3.8) is 0 Å². The van der Waals surface area contributed by atoms with Crippen molar-refractivity contribution in [2.45, 2.75) is 6.61 Å². The number of hydrogen-bond donors (Lipinski definition) is 1. The van der Waals surface area contributed by atoms with Gasteiger partial charge in [-0.1, -0.05) is 64.6 Å². The lowest BCUT2D eigenvalue weighted by Crippen LogP contribution is -1.92. The average Bonchev–Trinajstić information content (AvgIpc) is 2.36. The number of halogens is 4. The van der Waals surface area contributed by atoms with Crippen molar-refractivity contribution in [1.29, 1.82) is 0 Å². The van der Waals surface area contributed by atoms with Crippen molar-refractivity contribution >= 4 is 46.4 Å². The van der Waals surface area contributed by atoms with Crippen LogP contribution in [-0.4, -0.2) is 5.11 Å². The molecule has 1 N–H and O–H groups in total. The molecule has 0 fully saturated rings. The van der Waals surface area contributed by atoms with E-state index in [2.05, 4.69) is 0 Å².